The summed E-state index contributed by atoms with van der Waals surface area (Å²) in [7, 11) is 0. The van der Waals surface area contributed by atoms with Crippen molar-refractivity contribution < 1.29 is 14.3 Å². The second kappa shape index (κ2) is 12.7. The Morgan fingerprint density at radius 1 is 1.16 bits per heavy atom. The number of unbranched alkanes of at least 4 members (excludes halogenated alkanes) is 1. The number of amides is 2. The van der Waals surface area contributed by atoms with E-state index in [9.17, 15) is 9.59 Å². The monoisotopic (exact) mass is 508 g/mol. The van der Waals surface area contributed by atoms with Gasteiger partial charge in [-0.15, -0.1) is 0 Å². The molecular weight excluding hydrogens is 480 g/mol. The van der Waals surface area contributed by atoms with Crippen LogP contribution in [0.3, 0.4) is 0 Å². The minimum atomic E-state index is -0.574. The number of ether oxygens (including phenoxy) is 1. The van der Waals surface area contributed by atoms with Crippen molar-refractivity contribution in [3.8, 4) is 5.75 Å². The van der Waals surface area contributed by atoms with Gasteiger partial charge in [0.25, 0.3) is 5.91 Å². The largest absolute Gasteiger partial charge is 0.484 e. The highest BCUT2D eigenvalue weighted by atomic mass is 79.9. The van der Waals surface area contributed by atoms with E-state index in [1.807, 2.05) is 44.2 Å². The van der Waals surface area contributed by atoms with Crippen molar-refractivity contribution in [2.75, 3.05) is 13.2 Å². The summed E-state index contributed by atoms with van der Waals surface area (Å²) < 4.78 is 6.73. The van der Waals surface area contributed by atoms with Crippen molar-refractivity contribution in [2.24, 2.45) is 0 Å². The maximum Gasteiger partial charge on any atom is 0.261 e. The van der Waals surface area contributed by atoms with Gasteiger partial charge in [-0.3, -0.25) is 9.59 Å². The van der Waals surface area contributed by atoms with E-state index >= 15 is 0 Å². The van der Waals surface area contributed by atoms with E-state index in [-0.39, 0.29) is 18.4 Å². The van der Waals surface area contributed by atoms with E-state index in [2.05, 4.69) is 28.2 Å². The number of hydrogen-bond acceptors (Lipinski definition) is 3. The van der Waals surface area contributed by atoms with Gasteiger partial charge in [0.15, 0.2) is 6.61 Å². The lowest BCUT2D eigenvalue weighted by Gasteiger charge is -2.30. The fraction of sp³-hybridized carbons (Fsp3) is 0.417. The van der Waals surface area contributed by atoms with Gasteiger partial charge in [-0.2, -0.15) is 0 Å². The molecule has 1 atom stereocenters. The highest BCUT2D eigenvalue weighted by Crippen LogP contribution is 2.22. The van der Waals surface area contributed by atoms with E-state index in [0.717, 1.165) is 28.4 Å². The standard InChI is InChI=1S/C24H30BrClN2O3/c1-4-6-13-27-24(30)22(5-2)28(15-18-7-9-19(26)10-8-18)23(29)16-31-20-11-12-21(25)17(3)14-20/h7-12,14,22H,4-6,13,15-16H2,1-3H3,(H,27,30). The molecule has 0 heterocycles. The molecule has 2 aromatic carbocycles. The molecule has 5 nitrogen and oxygen atoms in total. The Morgan fingerprint density at radius 3 is 2.48 bits per heavy atom. The summed E-state index contributed by atoms with van der Waals surface area (Å²) in [5, 5.41) is 3.58. The lowest BCUT2D eigenvalue weighted by atomic mass is 10.1. The van der Waals surface area contributed by atoms with E-state index in [1.165, 1.54) is 0 Å². The van der Waals surface area contributed by atoms with Crippen LogP contribution in [0.5, 0.6) is 5.75 Å². The average molecular weight is 510 g/mol. The average Bonchev–Trinajstić information content (AvgIpc) is 2.75. The number of halogens is 2. The van der Waals surface area contributed by atoms with Gasteiger partial charge in [-0.25, -0.2) is 0 Å². The van der Waals surface area contributed by atoms with Crippen LogP contribution in [-0.2, 0) is 16.1 Å². The van der Waals surface area contributed by atoms with Gasteiger partial charge in [0.2, 0.25) is 5.91 Å². The number of benzene rings is 2. The normalized spacial score (nSPS) is 11.6. The van der Waals surface area contributed by atoms with E-state index < -0.39 is 6.04 Å². The molecule has 0 saturated carbocycles. The lowest BCUT2D eigenvalue weighted by Crippen LogP contribution is -2.50. The van der Waals surface area contributed by atoms with Gasteiger partial charge in [-0.1, -0.05) is 59.9 Å². The summed E-state index contributed by atoms with van der Waals surface area (Å²) in [6, 6.07) is 12.3. The van der Waals surface area contributed by atoms with Crippen LogP contribution in [-0.4, -0.2) is 35.9 Å². The fourth-order valence-corrected chi connectivity index (χ4v) is 3.52. The molecule has 0 fully saturated rings. The summed E-state index contributed by atoms with van der Waals surface area (Å²) in [6.07, 6.45) is 2.40. The molecule has 7 heteroatoms. The molecule has 0 aromatic heterocycles. The molecule has 0 radical (unpaired) electrons. The summed E-state index contributed by atoms with van der Waals surface area (Å²) in [5.41, 5.74) is 1.92. The second-order valence-corrected chi connectivity index (χ2v) is 8.71. The van der Waals surface area contributed by atoms with Crippen molar-refractivity contribution >= 4 is 39.3 Å². The highest BCUT2D eigenvalue weighted by Gasteiger charge is 2.28. The van der Waals surface area contributed by atoms with Crippen molar-refractivity contribution in [1.29, 1.82) is 0 Å². The molecule has 0 aliphatic rings. The van der Waals surface area contributed by atoms with Crippen LogP contribution in [0.25, 0.3) is 0 Å². The first-order chi connectivity index (χ1) is 14.8. The third kappa shape index (κ3) is 7.86. The van der Waals surface area contributed by atoms with Crippen LogP contribution >= 0.6 is 27.5 Å². The summed E-state index contributed by atoms with van der Waals surface area (Å²) in [4.78, 5) is 27.6. The van der Waals surface area contributed by atoms with Gasteiger partial charge in [-0.05, 0) is 61.2 Å². The van der Waals surface area contributed by atoms with Crippen LogP contribution < -0.4 is 10.1 Å². The number of nitrogens with zero attached hydrogens (tertiary/aromatic N) is 1. The number of nitrogens with one attached hydrogen (secondary N) is 1. The first-order valence-corrected chi connectivity index (χ1v) is 11.7. The zero-order valence-corrected chi connectivity index (χ0v) is 20.6. The Hall–Kier alpha value is -2.05. The number of hydrogen-bond donors (Lipinski definition) is 1. The Morgan fingerprint density at radius 2 is 1.87 bits per heavy atom. The molecule has 2 amide bonds. The topological polar surface area (TPSA) is 58.6 Å². The zero-order chi connectivity index (χ0) is 22.8. The number of aryl methyl sites for hydroxylation is 1. The number of carbonyl (C=O) groups excluding carboxylic acids is 2. The van der Waals surface area contributed by atoms with E-state index in [1.54, 1.807) is 17.0 Å². The van der Waals surface area contributed by atoms with Crippen LogP contribution in [0.2, 0.25) is 5.02 Å². The molecule has 1 N–H and O–H groups in total. The van der Waals surface area contributed by atoms with Gasteiger partial charge < -0.3 is 15.0 Å². The molecule has 0 aliphatic heterocycles. The van der Waals surface area contributed by atoms with E-state index in [0.29, 0.717) is 30.3 Å². The molecule has 1 unspecified atom stereocenters. The summed E-state index contributed by atoms with van der Waals surface area (Å²) in [5.74, 6) is 0.228. The van der Waals surface area contributed by atoms with Crippen LogP contribution in [0, 0.1) is 6.92 Å². The Kier molecular flexibility index (Phi) is 10.3. The molecule has 0 spiro atoms. The molecular formula is C24H30BrClN2O3. The predicted octanol–water partition coefficient (Wildman–Crippen LogP) is 5.51. The fourth-order valence-electron chi connectivity index (χ4n) is 3.15. The van der Waals surface area contributed by atoms with Gasteiger partial charge in [0.1, 0.15) is 11.8 Å². The van der Waals surface area contributed by atoms with Gasteiger partial charge >= 0.3 is 0 Å². The number of rotatable bonds is 11. The third-order valence-corrected chi connectivity index (χ3v) is 6.12. The Bertz CT molecular complexity index is 874. The van der Waals surface area contributed by atoms with Crippen LogP contribution in [0.4, 0.5) is 0 Å². The maximum absolute atomic E-state index is 13.2. The predicted molar refractivity (Wildman–Crippen MR) is 128 cm³/mol. The highest BCUT2D eigenvalue weighted by molar-refractivity contribution is 9.10. The molecule has 0 bridgehead atoms. The zero-order valence-electron chi connectivity index (χ0n) is 18.3. The SMILES string of the molecule is CCCCNC(=O)C(CC)N(Cc1ccc(Cl)cc1)C(=O)COc1ccc(Br)c(C)c1. The Labute approximate surface area is 198 Å². The van der Waals surface area contributed by atoms with Crippen molar-refractivity contribution in [2.45, 2.75) is 52.6 Å². The quantitative estimate of drug-likeness (QED) is 0.406. The summed E-state index contributed by atoms with van der Waals surface area (Å²) in [6.45, 7) is 6.70. The first kappa shape index (κ1) is 25.2. The first-order valence-electron chi connectivity index (χ1n) is 10.6. The smallest absolute Gasteiger partial charge is 0.261 e. The van der Waals surface area contributed by atoms with Crippen LogP contribution in [0.15, 0.2) is 46.9 Å². The van der Waals surface area contributed by atoms with Crippen LogP contribution in [0.1, 0.15) is 44.2 Å². The molecule has 168 valence electrons. The molecule has 2 aromatic rings. The van der Waals surface area contributed by atoms with Gasteiger partial charge in [0, 0.05) is 22.6 Å². The van der Waals surface area contributed by atoms with Crippen molar-refractivity contribution in [3.63, 3.8) is 0 Å². The maximum atomic E-state index is 13.2. The third-order valence-electron chi connectivity index (χ3n) is 4.97. The Balaban J connectivity index is 2.17. The molecule has 0 aliphatic carbocycles. The minimum Gasteiger partial charge on any atom is -0.484 e. The lowest BCUT2D eigenvalue weighted by molar-refractivity contribution is -0.143. The minimum absolute atomic E-state index is 0.141. The molecule has 2 rings (SSSR count). The molecule has 0 saturated heterocycles. The van der Waals surface area contributed by atoms with E-state index in [4.69, 9.17) is 16.3 Å². The van der Waals surface area contributed by atoms with Crippen molar-refractivity contribution in [3.05, 3.63) is 63.1 Å². The number of carbonyl (C=O) groups is 2. The second-order valence-electron chi connectivity index (χ2n) is 7.42. The summed E-state index contributed by atoms with van der Waals surface area (Å²) >= 11 is 9.46. The van der Waals surface area contributed by atoms with Gasteiger partial charge in [0.05, 0.1) is 0 Å². The molecule has 31 heavy (non-hydrogen) atoms. The van der Waals surface area contributed by atoms with Crippen molar-refractivity contribution in [1.82, 2.24) is 10.2 Å².